The van der Waals surface area contributed by atoms with Gasteiger partial charge in [-0.2, -0.15) is 0 Å². The number of aromatic amines is 1. The van der Waals surface area contributed by atoms with Crippen LogP contribution in [0.5, 0.6) is 0 Å². The second kappa shape index (κ2) is 27.0. The lowest BCUT2D eigenvalue weighted by Crippen LogP contribution is -2.00. The van der Waals surface area contributed by atoms with Crippen molar-refractivity contribution >= 4 is 115 Å². The average molecular weight is 1410 g/mol. The molecule has 0 amide bonds. The van der Waals surface area contributed by atoms with E-state index in [4.69, 9.17) is 38.1 Å². The number of nitrogens with zero attached hydrogens (tertiary/aromatic N) is 11. The molecular weight excluding hydrogens is 1350 g/mol. The monoisotopic (exact) mass is 1410 g/mol. The maximum Gasteiger partial charge on any atom is 0.189 e. The molecule has 20 rings (SSSR count). The first-order valence-corrected chi connectivity index (χ1v) is 35.1. The number of H-pyrrole nitrogens is 1. The maximum absolute atomic E-state index is 7.66. The molecule has 105 heavy (non-hydrogen) atoms. The van der Waals surface area contributed by atoms with Gasteiger partial charge in [0, 0.05) is 104 Å². The number of halogens is 1. The summed E-state index contributed by atoms with van der Waals surface area (Å²) >= 11 is 3.47. The van der Waals surface area contributed by atoms with E-state index in [2.05, 4.69) is 207 Å². The van der Waals surface area contributed by atoms with E-state index in [0.29, 0.717) is 46.3 Å². The van der Waals surface area contributed by atoms with Crippen LogP contribution in [0, 0.1) is 13.1 Å². The topological polar surface area (TPSA) is 117 Å². The molecule has 14 aromatic carbocycles. The van der Waals surface area contributed by atoms with E-state index < -0.39 is 0 Å². The molecule has 13 heteroatoms. The Labute approximate surface area is 611 Å². The van der Waals surface area contributed by atoms with Crippen LogP contribution in [0.3, 0.4) is 0 Å². The van der Waals surface area contributed by atoms with Crippen molar-refractivity contribution in [3.63, 3.8) is 0 Å². The van der Waals surface area contributed by atoms with Crippen molar-refractivity contribution in [2.24, 2.45) is 0 Å². The van der Waals surface area contributed by atoms with E-state index in [-0.39, 0.29) is 0 Å². The summed E-state index contributed by atoms with van der Waals surface area (Å²) in [5.41, 5.74) is 19.0. The van der Waals surface area contributed by atoms with Crippen LogP contribution in [0.1, 0.15) is 0 Å². The minimum Gasteiger partial charge on any atom is -0.354 e. The van der Waals surface area contributed by atoms with Gasteiger partial charge in [0.2, 0.25) is 0 Å². The molecule has 0 saturated heterocycles. The van der Waals surface area contributed by atoms with Gasteiger partial charge in [0.15, 0.2) is 46.3 Å². The van der Waals surface area contributed by atoms with Crippen molar-refractivity contribution in [3.05, 3.63) is 367 Å². The van der Waals surface area contributed by atoms with Crippen molar-refractivity contribution in [3.8, 4) is 85.4 Å². The van der Waals surface area contributed by atoms with Crippen LogP contribution in [-0.4, -0.2) is 48.6 Å². The second-order valence-electron chi connectivity index (χ2n) is 25.4. The first-order chi connectivity index (χ1) is 51.9. The Morgan fingerprint density at radius 3 is 1.09 bits per heavy atom. The van der Waals surface area contributed by atoms with Gasteiger partial charge in [-0.05, 0) is 97.1 Å². The van der Waals surface area contributed by atoms with Gasteiger partial charge in [-0.3, -0.25) is 0 Å². The molecule has 492 valence electrons. The lowest BCUT2D eigenvalue weighted by Gasteiger charge is -2.12. The Bertz CT molecular complexity index is 6680. The number of fused-ring (bicyclic) bond motifs is 14. The summed E-state index contributed by atoms with van der Waals surface area (Å²) in [5.74, 6) is 3.90. The summed E-state index contributed by atoms with van der Waals surface area (Å²) in [4.78, 5) is 39.8. The molecule has 0 aliphatic rings. The molecule has 1 N–H and O–H groups in total. The van der Waals surface area contributed by atoms with Crippen LogP contribution in [0.2, 0.25) is 0 Å². The molecule has 20 aromatic rings. The summed E-state index contributed by atoms with van der Waals surface area (Å²) in [7, 11) is 0. The van der Waals surface area contributed by atoms with Crippen molar-refractivity contribution in [2.45, 2.75) is 0 Å². The number of hydrogen-bond donors (Lipinski definition) is 1. The zero-order valence-corrected chi connectivity index (χ0v) is 57.7. The summed E-state index contributed by atoms with van der Waals surface area (Å²) in [5, 5.41) is 9.60. The summed E-state index contributed by atoms with van der Waals surface area (Å²) in [6, 6.07) is 115. The number of nitrogens with one attached hydrogen (secondary N) is 1. The molecule has 0 aliphatic carbocycles. The fraction of sp³-hybridized carbons (Fsp3) is 0. The van der Waals surface area contributed by atoms with Crippen LogP contribution >= 0.6 is 15.9 Å². The van der Waals surface area contributed by atoms with Crippen LogP contribution in [0.25, 0.3) is 182 Å². The number of hydrogen-bond acceptors (Lipinski definition) is 6. The lowest BCUT2D eigenvalue weighted by molar-refractivity contribution is 1.07. The van der Waals surface area contributed by atoms with Crippen molar-refractivity contribution in [1.29, 1.82) is 0 Å². The van der Waals surface area contributed by atoms with Gasteiger partial charge in [0.05, 0.1) is 51.8 Å². The highest BCUT2D eigenvalue weighted by Gasteiger charge is 2.23. The summed E-state index contributed by atoms with van der Waals surface area (Å²) in [6.45, 7) is 15.0. The molecule has 0 aliphatic heterocycles. The zero-order chi connectivity index (χ0) is 70.3. The SMILES string of the molecule is Brc1ccc(-c2nc(-c3ccccc3)nc(-c3ccccc3)n2)cc1.[C-]#[N+]c1cccc(-n2c3ccccc3c3c2ccc2c4ccccc4n(-c4ccc(-c5nc(-c6ccccc6)nc(-c6ccccc6)n5)cc4)c23)c1.[C-]#[N+]c1cccc(-n2c3ccccc3c3c4[nH]c5ccccc5c4ccc32)c1. The van der Waals surface area contributed by atoms with Crippen LogP contribution in [0.15, 0.2) is 344 Å². The summed E-state index contributed by atoms with van der Waals surface area (Å²) in [6.07, 6.45) is 0. The van der Waals surface area contributed by atoms with Crippen molar-refractivity contribution in [2.75, 3.05) is 0 Å². The fourth-order valence-electron chi connectivity index (χ4n) is 14.3. The van der Waals surface area contributed by atoms with E-state index in [0.717, 1.165) is 104 Å². The molecule has 0 saturated carbocycles. The highest BCUT2D eigenvalue weighted by molar-refractivity contribution is 9.10. The Hall–Kier alpha value is -14.2. The predicted molar refractivity (Wildman–Crippen MR) is 431 cm³/mol. The van der Waals surface area contributed by atoms with Crippen molar-refractivity contribution < 1.29 is 0 Å². The van der Waals surface area contributed by atoms with Gasteiger partial charge in [-0.1, -0.05) is 259 Å². The zero-order valence-electron chi connectivity index (χ0n) is 56.1. The Balaban J connectivity index is 0.000000124. The predicted octanol–water partition coefficient (Wildman–Crippen LogP) is 24.2. The van der Waals surface area contributed by atoms with E-state index >= 15 is 0 Å². The highest BCUT2D eigenvalue weighted by atomic mass is 79.9. The molecule has 0 radical (unpaired) electrons. The maximum atomic E-state index is 7.66. The molecule has 12 nitrogen and oxygen atoms in total. The summed E-state index contributed by atoms with van der Waals surface area (Å²) < 4.78 is 7.93. The quantitative estimate of drug-likeness (QED) is 0.144. The molecule has 6 heterocycles. The Morgan fingerprint density at radius 1 is 0.267 bits per heavy atom. The van der Waals surface area contributed by atoms with E-state index in [9.17, 15) is 0 Å². The van der Waals surface area contributed by atoms with Gasteiger partial charge in [0.1, 0.15) is 0 Å². The molecule has 0 atom stereocenters. The molecule has 0 fully saturated rings. The Kier molecular flexibility index (Phi) is 16.2. The first kappa shape index (κ1) is 63.0. The van der Waals surface area contributed by atoms with Crippen LogP contribution in [-0.2, 0) is 0 Å². The normalized spacial score (nSPS) is 11.3. The minimum atomic E-state index is 0.615. The third-order valence-electron chi connectivity index (χ3n) is 19.1. The molecule has 0 bridgehead atoms. The molecule has 0 unspecified atom stereocenters. The number of para-hydroxylation sites is 4. The van der Waals surface area contributed by atoms with Crippen molar-refractivity contribution in [1.82, 2.24) is 48.6 Å². The van der Waals surface area contributed by atoms with Gasteiger partial charge in [0.25, 0.3) is 0 Å². The van der Waals surface area contributed by atoms with Gasteiger partial charge < -0.3 is 18.7 Å². The number of rotatable bonds is 9. The third kappa shape index (κ3) is 11.6. The number of aromatic nitrogens is 10. The third-order valence-corrected chi connectivity index (χ3v) is 19.6. The molecular formula is C92H57BrN12. The smallest absolute Gasteiger partial charge is 0.189 e. The standard InChI is InChI=1S/C46H28N6.C25H15N3.C21H14BrN3/c1-47-33-17-12-18-35(29-33)51-40-22-11-9-20-38(40)42-41(51)28-27-37-36-19-8-10-21-39(36)52(43(37)42)34-25-23-32(24-26-34)46-49-44(30-13-4-2-5-14-30)48-45(50-46)31-15-6-3-7-16-31;1-26-16-7-6-8-17(15-16)28-22-12-5-3-10-20(22)24-23(28)14-13-19-18-9-2-4-11-21(18)27-25(19)24;22-18-13-11-17(12-14-18)21-24-19(15-7-3-1-4-8-15)23-20(25-21)16-9-5-2-6-10-16/h2-29H;2-15,27H;1-14H. The van der Waals surface area contributed by atoms with Crippen LogP contribution in [0.4, 0.5) is 11.4 Å². The minimum absolute atomic E-state index is 0.615. The number of benzene rings is 14. The van der Waals surface area contributed by atoms with Gasteiger partial charge in [-0.15, -0.1) is 0 Å². The van der Waals surface area contributed by atoms with E-state index in [1.165, 1.54) is 37.7 Å². The van der Waals surface area contributed by atoms with E-state index in [1.807, 2.05) is 182 Å². The fourth-order valence-corrected chi connectivity index (χ4v) is 14.6. The first-order valence-electron chi connectivity index (χ1n) is 34.3. The van der Waals surface area contributed by atoms with Gasteiger partial charge >= 0.3 is 0 Å². The van der Waals surface area contributed by atoms with Crippen LogP contribution < -0.4 is 0 Å². The van der Waals surface area contributed by atoms with E-state index in [1.54, 1.807) is 0 Å². The highest BCUT2D eigenvalue weighted by Crippen LogP contribution is 2.44. The molecule has 6 aromatic heterocycles. The molecule has 0 spiro atoms. The Morgan fingerprint density at radius 2 is 0.629 bits per heavy atom. The second-order valence-corrected chi connectivity index (χ2v) is 26.3. The van der Waals surface area contributed by atoms with Gasteiger partial charge in [-0.25, -0.2) is 39.6 Å². The lowest BCUT2D eigenvalue weighted by atomic mass is 10.1. The average Bonchev–Trinajstić information content (AvgIpc) is 1.55. The largest absolute Gasteiger partial charge is 0.354 e.